The maximum atomic E-state index is 13.7. The van der Waals surface area contributed by atoms with Crippen LogP contribution in [0.25, 0.3) is 0 Å². The fourth-order valence-corrected chi connectivity index (χ4v) is 8.99. The van der Waals surface area contributed by atoms with Gasteiger partial charge in [-0.2, -0.15) is 0 Å². The van der Waals surface area contributed by atoms with Crippen molar-refractivity contribution < 1.29 is 19.4 Å². The second-order valence-electron chi connectivity index (χ2n) is 13.0. The number of nitrogens with one attached hydrogen (secondary N) is 1. The first-order valence-electron chi connectivity index (χ1n) is 13.8. The van der Waals surface area contributed by atoms with Gasteiger partial charge in [0.05, 0.1) is 5.76 Å². The van der Waals surface area contributed by atoms with E-state index in [4.69, 9.17) is 4.74 Å². The molecule has 4 saturated carbocycles. The molecule has 0 heterocycles. The Balaban J connectivity index is 1.47. The van der Waals surface area contributed by atoms with Gasteiger partial charge in [0.1, 0.15) is 11.9 Å². The summed E-state index contributed by atoms with van der Waals surface area (Å²) in [6.07, 6.45) is 9.42. The zero-order chi connectivity index (χ0) is 24.8. The van der Waals surface area contributed by atoms with Crippen LogP contribution in [0.1, 0.15) is 98.8 Å². The molecule has 4 aliphatic carbocycles. The highest BCUT2D eigenvalue weighted by Gasteiger charge is 2.63. The summed E-state index contributed by atoms with van der Waals surface area (Å²) in [6, 6.07) is 0.0651. The first kappa shape index (κ1) is 25.6. The molecule has 5 nitrogen and oxygen atoms in total. The molecule has 4 aliphatic rings. The molecule has 34 heavy (non-hydrogen) atoms. The molecule has 0 aromatic heterocycles. The van der Waals surface area contributed by atoms with E-state index in [9.17, 15) is 14.7 Å². The zero-order valence-corrected chi connectivity index (χ0v) is 22.1. The number of carbonyl (C=O) groups excluding carboxylic acids is 2. The number of Topliss-reactive ketones (excluding diaryl/α,β-unsaturated/α-hetero) is 1. The average molecular weight is 474 g/mol. The number of amides is 1. The number of ketones is 1. The van der Waals surface area contributed by atoms with Crippen LogP contribution in [0.15, 0.2) is 12.3 Å². The van der Waals surface area contributed by atoms with E-state index in [0.29, 0.717) is 48.2 Å². The molecule has 4 fully saturated rings. The highest BCUT2D eigenvalue weighted by atomic mass is 16.6. The minimum absolute atomic E-state index is 0.0651. The van der Waals surface area contributed by atoms with E-state index in [1.165, 1.54) is 19.3 Å². The smallest absolute Gasteiger partial charge is 0.407 e. The van der Waals surface area contributed by atoms with Crippen LogP contribution < -0.4 is 5.32 Å². The molecule has 2 N–H and O–H groups in total. The van der Waals surface area contributed by atoms with Gasteiger partial charge in [-0.05, 0) is 106 Å². The Morgan fingerprint density at radius 3 is 2.47 bits per heavy atom. The lowest BCUT2D eigenvalue weighted by Crippen LogP contribution is -2.57. The number of hydrogen-bond donors (Lipinski definition) is 2. The van der Waals surface area contributed by atoms with Crippen LogP contribution in [0.3, 0.4) is 0 Å². The second kappa shape index (κ2) is 9.50. The molecule has 5 heteroatoms. The third-order valence-corrected chi connectivity index (χ3v) is 10.8. The summed E-state index contributed by atoms with van der Waals surface area (Å²) in [4.78, 5) is 25.9. The molecule has 0 radical (unpaired) electrons. The number of alkyl carbamates (subject to hydrolysis) is 1. The number of carbonyl (C=O) groups is 2. The highest BCUT2D eigenvalue weighted by molar-refractivity contribution is 5.83. The summed E-state index contributed by atoms with van der Waals surface area (Å²) < 4.78 is 5.75. The van der Waals surface area contributed by atoms with E-state index in [2.05, 4.69) is 32.7 Å². The maximum absolute atomic E-state index is 13.7. The van der Waals surface area contributed by atoms with Gasteiger partial charge in [0, 0.05) is 24.8 Å². The van der Waals surface area contributed by atoms with Crippen molar-refractivity contribution >= 4 is 11.9 Å². The van der Waals surface area contributed by atoms with Crippen molar-refractivity contribution in [3.8, 4) is 0 Å². The molecule has 0 bridgehead atoms. The van der Waals surface area contributed by atoms with E-state index in [0.717, 1.165) is 32.1 Å². The van der Waals surface area contributed by atoms with Gasteiger partial charge in [0.15, 0.2) is 0 Å². The fraction of sp³-hybridized carbons (Fsp3) is 0.862. The van der Waals surface area contributed by atoms with Crippen LogP contribution in [0, 0.1) is 46.3 Å². The van der Waals surface area contributed by atoms with Crippen molar-refractivity contribution in [3.63, 3.8) is 0 Å². The Morgan fingerprint density at radius 2 is 1.79 bits per heavy atom. The Kier molecular flexibility index (Phi) is 7.15. The number of rotatable bonds is 6. The molecule has 4 rings (SSSR count). The van der Waals surface area contributed by atoms with Crippen LogP contribution in [0.5, 0.6) is 0 Å². The Morgan fingerprint density at radius 1 is 1.12 bits per heavy atom. The molecule has 0 saturated heterocycles. The van der Waals surface area contributed by atoms with Gasteiger partial charge < -0.3 is 15.2 Å². The average Bonchev–Trinajstić information content (AvgIpc) is 3.09. The minimum atomic E-state index is -0.326. The number of aliphatic hydroxyl groups is 1. The summed E-state index contributed by atoms with van der Waals surface area (Å²) in [7, 11) is 0. The standard InChI is InChI=1S/C29H47NO4/c1-17(2)30-27(33)34-21-11-13-28(5)20(15-21)16-25(32)26-23-10-9-22(18(3)7-8-19(4)31)29(23,6)14-12-24(26)28/h17-18,20-24,26,31H,4,7-16H2,1-3,5-6H3,(H,30,33)/t18-,20+,21-,22-,23+,24+,26+,28+,29-/m1/s1. The molecular formula is C29H47NO4. The second-order valence-corrected chi connectivity index (χ2v) is 13.0. The monoisotopic (exact) mass is 473 g/mol. The molecule has 9 atom stereocenters. The van der Waals surface area contributed by atoms with Gasteiger partial charge in [-0.3, -0.25) is 4.79 Å². The minimum Gasteiger partial charge on any atom is -0.513 e. The molecular weight excluding hydrogens is 426 g/mol. The van der Waals surface area contributed by atoms with E-state index in [1.807, 2.05) is 13.8 Å². The van der Waals surface area contributed by atoms with Crippen molar-refractivity contribution in [3.05, 3.63) is 12.3 Å². The fourth-order valence-electron chi connectivity index (χ4n) is 8.99. The number of aliphatic hydroxyl groups excluding tert-OH is 1. The first-order chi connectivity index (χ1) is 16.0. The third-order valence-electron chi connectivity index (χ3n) is 10.8. The van der Waals surface area contributed by atoms with Crippen LogP contribution in [-0.4, -0.2) is 29.1 Å². The van der Waals surface area contributed by atoms with Crippen molar-refractivity contribution in [2.24, 2.45) is 46.3 Å². The maximum Gasteiger partial charge on any atom is 0.407 e. The highest BCUT2D eigenvalue weighted by Crippen LogP contribution is 2.67. The lowest BCUT2D eigenvalue weighted by Gasteiger charge is -2.60. The Hall–Kier alpha value is -1.52. The number of fused-ring (bicyclic) bond motifs is 5. The van der Waals surface area contributed by atoms with E-state index in [1.54, 1.807) is 0 Å². The number of ether oxygens (including phenoxy) is 1. The molecule has 0 unspecified atom stereocenters. The summed E-state index contributed by atoms with van der Waals surface area (Å²) in [5.41, 5.74) is 0.401. The van der Waals surface area contributed by atoms with Gasteiger partial charge in [-0.1, -0.05) is 27.4 Å². The van der Waals surface area contributed by atoms with Gasteiger partial charge in [-0.15, -0.1) is 0 Å². The predicted molar refractivity (Wildman–Crippen MR) is 134 cm³/mol. The predicted octanol–water partition coefficient (Wildman–Crippen LogP) is 6.82. The summed E-state index contributed by atoms with van der Waals surface area (Å²) in [5, 5.41) is 12.4. The third kappa shape index (κ3) is 4.53. The van der Waals surface area contributed by atoms with E-state index >= 15 is 0 Å². The van der Waals surface area contributed by atoms with Gasteiger partial charge >= 0.3 is 6.09 Å². The molecule has 0 aliphatic heterocycles. The SMILES string of the molecule is C=C(O)CC[C@@H](C)[C@H]1CC[C@H]2[C@@H]3C(=O)C[C@@H]4C[C@H](OC(=O)NC(C)C)CC[C@]4(C)[C@H]3CC[C@]12C. The summed E-state index contributed by atoms with van der Waals surface area (Å²) in [6.45, 7) is 14.8. The number of hydrogen-bond acceptors (Lipinski definition) is 4. The molecule has 192 valence electrons. The van der Waals surface area contributed by atoms with Crippen molar-refractivity contribution in [2.45, 2.75) is 111 Å². The van der Waals surface area contributed by atoms with Crippen LogP contribution >= 0.6 is 0 Å². The van der Waals surface area contributed by atoms with Crippen LogP contribution in [-0.2, 0) is 9.53 Å². The largest absolute Gasteiger partial charge is 0.513 e. The van der Waals surface area contributed by atoms with Gasteiger partial charge in [0.2, 0.25) is 0 Å². The molecule has 0 aromatic rings. The summed E-state index contributed by atoms with van der Waals surface area (Å²) >= 11 is 0. The number of allylic oxidation sites excluding steroid dienone is 1. The topological polar surface area (TPSA) is 75.6 Å². The van der Waals surface area contributed by atoms with Crippen LogP contribution in [0.4, 0.5) is 4.79 Å². The zero-order valence-electron chi connectivity index (χ0n) is 22.1. The van der Waals surface area contributed by atoms with Crippen molar-refractivity contribution in [1.82, 2.24) is 5.32 Å². The van der Waals surface area contributed by atoms with Gasteiger partial charge in [0.25, 0.3) is 0 Å². The van der Waals surface area contributed by atoms with Crippen LogP contribution in [0.2, 0.25) is 0 Å². The molecule has 0 aromatic carbocycles. The van der Waals surface area contributed by atoms with Crippen molar-refractivity contribution in [1.29, 1.82) is 0 Å². The Labute approximate surface area is 206 Å². The Bertz CT molecular complexity index is 808. The van der Waals surface area contributed by atoms with Gasteiger partial charge in [-0.25, -0.2) is 4.79 Å². The normalized spacial score (nSPS) is 42.4. The lowest BCUT2D eigenvalue weighted by atomic mass is 9.44. The summed E-state index contributed by atoms with van der Waals surface area (Å²) in [5.74, 6) is 3.42. The molecule has 1 amide bonds. The van der Waals surface area contributed by atoms with E-state index in [-0.39, 0.29) is 40.7 Å². The molecule has 0 spiro atoms. The quantitative estimate of drug-likeness (QED) is 0.415. The lowest BCUT2D eigenvalue weighted by molar-refractivity contribution is -0.160. The van der Waals surface area contributed by atoms with Crippen molar-refractivity contribution in [2.75, 3.05) is 0 Å². The van der Waals surface area contributed by atoms with E-state index < -0.39 is 0 Å². The first-order valence-corrected chi connectivity index (χ1v) is 13.8.